The first kappa shape index (κ1) is 13.4. The van der Waals surface area contributed by atoms with Crippen molar-refractivity contribution < 1.29 is 9.53 Å². The Kier molecular flexibility index (Phi) is 4.07. The molecule has 0 aromatic heterocycles. The van der Waals surface area contributed by atoms with Gasteiger partial charge in [0.05, 0.1) is 13.0 Å². The van der Waals surface area contributed by atoms with Crippen molar-refractivity contribution in [3.63, 3.8) is 0 Å². The van der Waals surface area contributed by atoms with Crippen LogP contribution in [0.25, 0.3) is 0 Å². The molecule has 0 aliphatic heterocycles. The minimum Gasteiger partial charge on any atom is -0.497 e. The molecule has 1 atom stereocenters. The summed E-state index contributed by atoms with van der Waals surface area (Å²) in [4.78, 5) is 11.7. The number of primary amides is 1. The lowest BCUT2D eigenvalue weighted by molar-refractivity contribution is -0.118. The Balaban J connectivity index is 2.39. The quantitative estimate of drug-likeness (QED) is 0.933. The second-order valence-corrected chi connectivity index (χ2v) is 4.60. The van der Waals surface area contributed by atoms with E-state index in [0.717, 1.165) is 16.9 Å². The van der Waals surface area contributed by atoms with Crippen LogP contribution in [0.2, 0.25) is 5.02 Å². The maximum atomic E-state index is 11.7. The maximum Gasteiger partial charge on any atom is 0.229 e. The molecule has 0 aliphatic rings. The monoisotopic (exact) mass is 275 g/mol. The smallest absolute Gasteiger partial charge is 0.229 e. The second-order valence-electron chi connectivity index (χ2n) is 4.16. The summed E-state index contributed by atoms with van der Waals surface area (Å²) in [5.74, 6) is -0.140. The average Bonchev–Trinajstić information content (AvgIpc) is 2.42. The van der Waals surface area contributed by atoms with Gasteiger partial charge < -0.3 is 10.5 Å². The second kappa shape index (κ2) is 5.76. The summed E-state index contributed by atoms with van der Waals surface area (Å²) in [5.41, 5.74) is 7.16. The number of carbonyl (C=O) groups excluding carboxylic acids is 1. The van der Waals surface area contributed by atoms with E-state index in [1.165, 1.54) is 0 Å². The van der Waals surface area contributed by atoms with Gasteiger partial charge in [0.1, 0.15) is 5.75 Å². The van der Waals surface area contributed by atoms with Crippen LogP contribution in [0.5, 0.6) is 5.75 Å². The summed E-state index contributed by atoms with van der Waals surface area (Å²) in [6, 6.07) is 14.4. The first-order valence-electron chi connectivity index (χ1n) is 5.80. The standard InChI is InChI=1S/C15H14ClNO2/c1-19-13-8-4-11(5-9-13)14(15(17)18)10-2-6-12(16)7-3-10/h2-9,14H,1H3,(H2,17,18). The van der Waals surface area contributed by atoms with Crippen molar-refractivity contribution in [2.75, 3.05) is 7.11 Å². The number of halogens is 1. The number of hydrogen-bond donors (Lipinski definition) is 1. The number of methoxy groups -OCH3 is 1. The van der Waals surface area contributed by atoms with Gasteiger partial charge in [-0.25, -0.2) is 0 Å². The molecule has 2 rings (SSSR count). The molecule has 0 bridgehead atoms. The Hall–Kier alpha value is -2.00. The van der Waals surface area contributed by atoms with Gasteiger partial charge in [0.15, 0.2) is 0 Å². The lowest BCUT2D eigenvalue weighted by Crippen LogP contribution is -2.22. The van der Waals surface area contributed by atoms with E-state index in [1.54, 1.807) is 31.4 Å². The van der Waals surface area contributed by atoms with Crippen LogP contribution in [0, 0.1) is 0 Å². The third-order valence-electron chi connectivity index (χ3n) is 2.94. The number of carbonyl (C=O) groups is 1. The van der Waals surface area contributed by atoms with Crippen molar-refractivity contribution in [1.82, 2.24) is 0 Å². The van der Waals surface area contributed by atoms with Crippen LogP contribution in [-0.2, 0) is 4.79 Å². The van der Waals surface area contributed by atoms with E-state index in [4.69, 9.17) is 22.1 Å². The normalized spacial score (nSPS) is 11.9. The van der Waals surface area contributed by atoms with Gasteiger partial charge in [-0.05, 0) is 35.4 Å². The van der Waals surface area contributed by atoms with Crippen LogP contribution in [0.4, 0.5) is 0 Å². The molecule has 4 heteroatoms. The van der Waals surface area contributed by atoms with Crippen LogP contribution in [-0.4, -0.2) is 13.0 Å². The van der Waals surface area contributed by atoms with Crippen LogP contribution in [0.1, 0.15) is 17.0 Å². The number of ether oxygens (including phenoxy) is 1. The van der Waals surface area contributed by atoms with Gasteiger partial charge in [-0.3, -0.25) is 4.79 Å². The molecule has 0 radical (unpaired) electrons. The van der Waals surface area contributed by atoms with Gasteiger partial charge >= 0.3 is 0 Å². The molecule has 1 unspecified atom stereocenters. The van der Waals surface area contributed by atoms with E-state index in [-0.39, 0.29) is 0 Å². The van der Waals surface area contributed by atoms with Crippen molar-refractivity contribution in [1.29, 1.82) is 0 Å². The van der Waals surface area contributed by atoms with Gasteiger partial charge in [-0.2, -0.15) is 0 Å². The molecule has 3 nitrogen and oxygen atoms in total. The average molecular weight is 276 g/mol. The van der Waals surface area contributed by atoms with Crippen LogP contribution in [0.15, 0.2) is 48.5 Å². The molecule has 2 aromatic rings. The highest BCUT2D eigenvalue weighted by atomic mass is 35.5. The Morgan fingerprint density at radius 2 is 1.53 bits per heavy atom. The lowest BCUT2D eigenvalue weighted by atomic mass is 9.91. The molecule has 0 spiro atoms. The summed E-state index contributed by atoms with van der Waals surface area (Å²) < 4.78 is 5.10. The zero-order valence-electron chi connectivity index (χ0n) is 10.5. The summed E-state index contributed by atoms with van der Waals surface area (Å²) in [7, 11) is 1.60. The van der Waals surface area contributed by atoms with Gasteiger partial charge in [0.2, 0.25) is 5.91 Å². The number of amides is 1. The molecule has 0 saturated heterocycles. The highest BCUT2D eigenvalue weighted by Gasteiger charge is 2.20. The number of benzene rings is 2. The van der Waals surface area contributed by atoms with Crippen LogP contribution >= 0.6 is 11.6 Å². The summed E-state index contributed by atoms with van der Waals surface area (Å²) in [5, 5.41) is 0.627. The number of rotatable bonds is 4. The molecule has 98 valence electrons. The zero-order chi connectivity index (χ0) is 13.8. The third-order valence-corrected chi connectivity index (χ3v) is 3.19. The van der Waals surface area contributed by atoms with Crippen molar-refractivity contribution in [3.8, 4) is 5.75 Å². The van der Waals surface area contributed by atoms with Crippen LogP contribution in [0.3, 0.4) is 0 Å². The summed E-state index contributed by atoms with van der Waals surface area (Å²) >= 11 is 5.85. The molecule has 0 heterocycles. The zero-order valence-corrected chi connectivity index (χ0v) is 11.2. The third kappa shape index (κ3) is 3.06. The molecule has 0 saturated carbocycles. The first-order valence-corrected chi connectivity index (χ1v) is 6.18. The Bertz CT molecular complexity index is 564. The van der Waals surface area contributed by atoms with E-state index in [9.17, 15) is 4.79 Å². The Morgan fingerprint density at radius 1 is 1.05 bits per heavy atom. The van der Waals surface area contributed by atoms with E-state index in [0.29, 0.717) is 5.02 Å². The minimum atomic E-state index is -0.483. The molecule has 2 aromatic carbocycles. The molecule has 0 fully saturated rings. The van der Waals surface area contributed by atoms with Crippen molar-refractivity contribution in [2.24, 2.45) is 5.73 Å². The van der Waals surface area contributed by atoms with Crippen molar-refractivity contribution in [3.05, 3.63) is 64.7 Å². The van der Waals surface area contributed by atoms with E-state index < -0.39 is 11.8 Å². The van der Waals surface area contributed by atoms with E-state index in [2.05, 4.69) is 0 Å². The van der Waals surface area contributed by atoms with Gasteiger partial charge in [0.25, 0.3) is 0 Å². The fourth-order valence-corrected chi connectivity index (χ4v) is 2.10. The predicted octanol–water partition coefficient (Wildman–Crippen LogP) is 2.97. The molecule has 1 amide bonds. The summed E-state index contributed by atoms with van der Waals surface area (Å²) in [6.45, 7) is 0. The van der Waals surface area contributed by atoms with Crippen LogP contribution < -0.4 is 10.5 Å². The highest BCUT2D eigenvalue weighted by molar-refractivity contribution is 6.30. The highest BCUT2D eigenvalue weighted by Crippen LogP contribution is 2.27. The van der Waals surface area contributed by atoms with Gasteiger partial charge in [-0.1, -0.05) is 35.9 Å². The predicted molar refractivity (Wildman–Crippen MR) is 75.5 cm³/mol. The number of nitrogens with two attached hydrogens (primary N) is 1. The number of hydrogen-bond acceptors (Lipinski definition) is 2. The molecule has 19 heavy (non-hydrogen) atoms. The lowest BCUT2D eigenvalue weighted by Gasteiger charge is -2.15. The fourth-order valence-electron chi connectivity index (χ4n) is 1.97. The Morgan fingerprint density at radius 3 is 1.95 bits per heavy atom. The summed E-state index contributed by atoms with van der Waals surface area (Å²) in [6.07, 6.45) is 0. The Labute approximate surface area is 117 Å². The molecule has 0 aliphatic carbocycles. The first-order chi connectivity index (χ1) is 9.11. The van der Waals surface area contributed by atoms with Crippen molar-refractivity contribution in [2.45, 2.75) is 5.92 Å². The van der Waals surface area contributed by atoms with E-state index >= 15 is 0 Å². The SMILES string of the molecule is COc1ccc(C(C(N)=O)c2ccc(Cl)cc2)cc1. The molecule has 2 N–H and O–H groups in total. The van der Waals surface area contributed by atoms with E-state index in [1.807, 2.05) is 24.3 Å². The van der Waals surface area contributed by atoms with Gasteiger partial charge in [0, 0.05) is 5.02 Å². The van der Waals surface area contributed by atoms with Crippen molar-refractivity contribution >= 4 is 17.5 Å². The minimum absolute atomic E-state index is 0.396. The van der Waals surface area contributed by atoms with Gasteiger partial charge in [-0.15, -0.1) is 0 Å². The maximum absolute atomic E-state index is 11.7. The molecular formula is C15H14ClNO2. The largest absolute Gasteiger partial charge is 0.497 e. The molecular weight excluding hydrogens is 262 g/mol. The topological polar surface area (TPSA) is 52.3 Å². The fraction of sp³-hybridized carbons (Fsp3) is 0.133.